The van der Waals surface area contributed by atoms with Crippen molar-refractivity contribution < 1.29 is 18.8 Å². The molecule has 0 bridgehead atoms. The van der Waals surface area contributed by atoms with Gasteiger partial charge in [-0.2, -0.15) is 0 Å². The lowest BCUT2D eigenvalue weighted by Gasteiger charge is -2.33. The minimum atomic E-state index is -0.443. The van der Waals surface area contributed by atoms with Gasteiger partial charge in [-0.05, 0) is 85.5 Å². The predicted octanol–water partition coefficient (Wildman–Crippen LogP) is 4.39. The molecule has 8 nitrogen and oxygen atoms in total. The van der Waals surface area contributed by atoms with Crippen molar-refractivity contribution in [2.75, 3.05) is 58.4 Å². The molecule has 0 radical (unpaired) electrons. The second kappa shape index (κ2) is 11.9. The number of ether oxygens (including phenoxy) is 2. The smallest absolute Gasteiger partial charge is 0.410 e. The monoisotopic (exact) mass is 474 g/mol. The topological polar surface area (TPSA) is 80.1 Å². The molecule has 4 rings (SSSR count). The van der Waals surface area contributed by atoms with E-state index in [1.807, 2.05) is 39.8 Å². The van der Waals surface area contributed by atoms with Crippen LogP contribution in [0.4, 0.5) is 10.5 Å². The fourth-order valence-electron chi connectivity index (χ4n) is 4.57. The summed E-state index contributed by atoms with van der Waals surface area (Å²) in [5.41, 5.74) is 3.87. The predicted molar refractivity (Wildman–Crippen MR) is 136 cm³/mol. The number of amides is 1. The summed E-state index contributed by atoms with van der Waals surface area (Å²) in [6.07, 6.45) is 3.79. The molecule has 8 heteroatoms. The number of carbonyl (C=O) groups excluding carboxylic acids is 1. The van der Waals surface area contributed by atoms with Crippen LogP contribution in [0.1, 0.15) is 51.3 Å². The van der Waals surface area contributed by atoms with Crippen LogP contribution in [0.25, 0.3) is 11.0 Å². The number of fused-ring (bicyclic) bond motifs is 1. The number of hydrogen-bond donors (Lipinski definition) is 1. The molecule has 0 unspecified atom stereocenters. The molecule has 0 aliphatic carbocycles. The van der Waals surface area contributed by atoms with E-state index in [-0.39, 0.29) is 6.09 Å². The maximum absolute atomic E-state index is 12.3. The van der Waals surface area contributed by atoms with Gasteiger partial charge in [0.2, 0.25) is 0 Å². The van der Waals surface area contributed by atoms with Crippen molar-refractivity contribution in [1.82, 2.24) is 15.4 Å². The molecule has 1 aromatic carbocycles. The lowest BCUT2D eigenvalue weighted by atomic mass is 9.91. The number of anilines is 1. The zero-order chi connectivity index (χ0) is 24.7. The summed E-state index contributed by atoms with van der Waals surface area (Å²) in [6, 6.07) is 4.35. The minimum absolute atomic E-state index is 0.194. The molecule has 3 heterocycles. The first-order chi connectivity index (χ1) is 16.2. The fourth-order valence-corrected chi connectivity index (χ4v) is 4.57. The normalized spacial score (nSPS) is 17.5. The highest BCUT2D eigenvalue weighted by atomic mass is 16.6. The molecule has 0 saturated carbocycles. The van der Waals surface area contributed by atoms with Crippen LogP contribution in [0, 0.1) is 12.8 Å². The minimum Gasteiger partial charge on any atom is -0.444 e. The van der Waals surface area contributed by atoms with Crippen molar-refractivity contribution in [2.24, 2.45) is 5.92 Å². The molecule has 1 N–H and O–H groups in total. The summed E-state index contributed by atoms with van der Waals surface area (Å²) >= 11 is 0. The van der Waals surface area contributed by atoms with Gasteiger partial charge in [0.25, 0.3) is 0 Å². The summed E-state index contributed by atoms with van der Waals surface area (Å²) < 4.78 is 16.7. The van der Waals surface area contributed by atoms with Gasteiger partial charge in [-0.15, -0.1) is 0 Å². The Kier molecular flexibility index (Phi) is 9.19. The zero-order valence-electron chi connectivity index (χ0n) is 21.8. The van der Waals surface area contributed by atoms with E-state index in [4.69, 9.17) is 14.0 Å². The Morgan fingerprint density at radius 2 is 1.79 bits per heavy atom. The highest BCUT2D eigenvalue weighted by molar-refractivity contribution is 5.87. The Hall–Kier alpha value is -2.32. The van der Waals surface area contributed by atoms with E-state index in [9.17, 15) is 4.79 Å². The maximum atomic E-state index is 12.3. The SMILES string of the molecule is CNC.Cc1c(N2CCOCC2)ccc2c(CCC3CCN(C(=O)OC(C)(C)C)CC3)noc12. The molecule has 2 aromatic rings. The average Bonchev–Trinajstić information content (AvgIpc) is 3.22. The Bertz CT molecular complexity index is 923. The molecule has 1 amide bonds. The van der Waals surface area contributed by atoms with Gasteiger partial charge in [0, 0.05) is 42.8 Å². The number of likely N-dealkylation sites (tertiary alicyclic amines) is 1. The first-order valence-corrected chi connectivity index (χ1v) is 12.5. The second-order valence-electron chi connectivity index (χ2n) is 10.3. The Morgan fingerprint density at radius 3 is 2.41 bits per heavy atom. The number of morpholine rings is 1. The summed E-state index contributed by atoms with van der Waals surface area (Å²) in [7, 11) is 3.75. The molecular weight excluding hydrogens is 432 g/mol. The van der Waals surface area contributed by atoms with Crippen LogP contribution in [0.2, 0.25) is 0 Å². The van der Waals surface area contributed by atoms with Crippen LogP contribution in [-0.2, 0) is 15.9 Å². The third-order valence-electron chi connectivity index (χ3n) is 6.34. The number of nitrogens with one attached hydrogen (secondary N) is 1. The largest absolute Gasteiger partial charge is 0.444 e. The lowest BCUT2D eigenvalue weighted by molar-refractivity contribution is 0.0181. The number of rotatable bonds is 4. The maximum Gasteiger partial charge on any atom is 0.410 e. The van der Waals surface area contributed by atoms with E-state index in [1.54, 1.807) is 0 Å². The summed E-state index contributed by atoms with van der Waals surface area (Å²) in [5, 5.41) is 8.28. The van der Waals surface area contributed by atoms with Crippen LogP contribution in [-0.4, -0.2) is 75.2 Å². The zero-order valence-corrected chi connectivity index (χ0v) is 21.8. The molecular formula is C26H42N4O4. The number of carbonyl (C=O) groups is 1. The van der Waals surface area contributed by atoms with Crippen molar-refractivity contribution in [3.8, 4) is 0 Å². The Balaban J connectivity index is 0.00000103. The Labute approximate surface area is 203 Å². The Morgan fingerprint density at radius 1 is 1.15 bits per heavy atom. The van der Waals surface area contributed by atoms with Crippen molar-refractivity contribution in [3.63, 3.8) is 0 Å². The van der Waals surface area contributed by atoms with E-state index in [0.29, 0.717) is 5.92 Å². The van der Waals surface area contributed by atoms with E-state index >= 15 is 0 Å². The average molecular weight is 475 g/mol. The van der Waals surface area contributed by atoms with Crippen molar-refractivity contribution in [3.05, 3.63) is 23.4 Å². The molecule has 2 aliphatic heterocycles. The summed E-state index contributed by atoms with van der Waals surface area (Å²) in [4.78, 5) is 16.5. The van der Waals surface area contributed by atoms with Gasteiger partial charge in [-0.1, -0.05) is 5.16 Å². The molecule has 34 heavy (non-hydrogen) atoms. The van der Waals surface area contributed by atoms with Crippen LogP contribution in [0.15, 0.2) is 16.7 Å². The van der Waals surface area contributed by atoms with Crippen LogP contribution >= 0.6 is 0 Å². The quantitative estimate of drug-likeness (QED) is 0.704. The van der Waals surface area contributed by atoms with Gasteiger partial charge in [-0.25, -0.2) is 4.79 Å². The highest BCUT2D eigenvalue weighted by Crippen LogP contribution is 2.32. The number of hydrogen-bond acceptors (Lipinski definition) is 7. The first kappa shape index (κ1) is 26.3. The van der Waals surface area contributed by atoms with E-state index in [0.717, 1.165) is 87.3 Å². The van der Waals surface area contributed by atoms with Gasteiger partial charge in [0.1, 0.15) is 5.60 Å². The molecule has 2 fully saturated rings. The summed E-state index contributed by atoms with van der Waals surface area (Å²) in [6.45, 7) is 12.7. The van der Waals surface area contributed by atoms with Gasteiger partial charge in [-0.3, -0.25) is 0 Å². The van der Waals surface area contributed by atoms with Crippen molar-refractivity contribution in [1.29, 1.82) is 0 Å². The van der Waals surface area contributed by atoms with E-state index in [1.165, 1.54) is 5.69 Å². The number of aromatic nitrogens is 1. The van der Waals surface area contributed by atoms with Crippen LogP contribution < -0.4 is 10.2 Å². The van der Waals surface area contributed by atoms with E-state index < -0.39 is 5.60 Å². The molecule has 190 valence electrons. The molecule has 2 aliphatic rings. The lowest BCUT2D eigenvalue weighted by Crippen LogP contribution is -2.41. The van der Waals surface area contributed by atoms with Gasteiger partial charge in [0.05, 0.1) is 18.9 Å². The second-order valence-corrected chi connectivity index (χ2v) is 10.3. The number of benzene rings is 1. The van der Waals surface area contributed by atoms with Crippen LogP contribution in [0.5, 0.6) is 0 Å². The third-order valence-corrected chi connectivity index (χ3v) is 6.34. The van der Waals surface area contributed by atoms with Gasteiger partial charge < -0.3 is 29.1 Å². The molecule has 2 saturated heterocycles. The van der Waals surface area contributed by atoms with Crippen molar-refractivity contribution >= 4 is 22.7 Å². The number of aryl methyl sites for hydroxylation is 2. The third kappa shape index (κ3) is 6.85. The fraction of sp³-hybridized carbons (Fsp3) is 0.692. The summed E-state index contributed by atoms with van der Waals surface area (Å²) in [5.74, 6) is 0.596. The molecule has 0 spiro atoms. The van der Waals surface area contributed by atoms with Gasteiger partial charge >= 0.3 is 6.09 Å². The van der Waals surface area contributed by atoms with E-state index in [2.05, 4.69) is 34.4 Å². The standard InChI is InChI=1S/C24H35N3O4.C2H7N/c1-17-21(26-13-15-29-16-14-26)8-6-19-20(25-31-22(17)19)7-5-18-9-11-27(12-10-18)23(28)30-24(2,3)4;1-3-2/h6,8,18H,5,7,9-16H2,1-4H3;3H,1-2H3. The van der Waals surface area contributed by atoms with Crippen LogP contribution in [0.3, 0.4) is 0 Å². The number of piperidine rings is 1. The van der Waals surface area contributed by atoms with Crippen molar-refractivity contribution in [2.45, 2.75) is 59.0 Å². The highest BCUT2D eigenvalue weighted by Gasteiger charge is 2.27. The molecule has 0 atom stereocenters. The molecule has 1 aromatic heterocycles. The van der Waals surface area contributed by atoms with Gasteiger partial charge in [0.15, 0.2) is 5.58 Å². The number of nitrogens with zero attached hydrogens (tertiary/aromatic N) is 3. The first-order valence-electron chi connectivity index (χ1n) is 12.5.